The van der Waals surface area contributed by atoms with Crippen molar-refractivity contribution in [3.05, 3.63) is 29.8 Å². The van der Waals surface area contributed by atoms with E-state index in [-0.39, 0.29) is 0 Å². The molecule has 0 saturated carbocycles. The second-order valence-corrected chi connectivity index (χ2v) is 5.99. The molecule has 0 bridgehead atoms. The van der Waals surface area contributed by atoms with Crippen molar-refractivity contribution in [2.45, 2.75) is 31.2 Å². The molecule has 1 atom stereocenters. The summed E-state index contributed by atoms with van der Waals surface area (Å²) in [6.45, 7) is 9.40. The first-order chi connectivity index (χ1) is 9.97. The number of carbonyl (C=O) groups is 1. The minimum absolute atomic E-state index is 0.648. The quantitative estimate of drug-likeness (QED) is 0.687. The van der Waals surface area contributed by atoms with Gasteiger partial charge in [0.15, 0.2) is 0 Å². The van der Waals surface area contributed by atoms with Crippen molar-refractivity contribution in [2.24, 2.45) is 0 Å². The zero-order valence-corrected chi connectivity index (χ0v) is 14.2. The van der Waals surface area contributed by atoms with E-state index in [4.69, 9.17) is 0 Å². The third-order valence-corrected chi connectivity index (χ3v) is 4.64. The molecule has 0 aliphatic rings. The highest BCUT2D eigenvalue weighted by molar-refractivity contribution is 7.98. The van der Waals surface area contributed by atoms with Crippen molar-refractivity contribution < 1.29 is 9.90 Å². The Kier molecular flexibility index (Phi) is 7.22. The van der Waals surface area contributed by atoms with E-state index in [0.29, 0.717) is 6.54 Å². The zero-order chi connectivity index (χ0) is 15.9. The summed E-state index contributed by atoms with van der Waals surface area (Å²) >= 11 is 1.65. The molecule has 1 aromatic rings. The molecule has 1 aromatic carbocycles. The number of hydrogen-bond donors (Lipinski definition) is 2. The van der Waals surface area contributed by atoms with Gasteiger partial charge in [-0.15, -0.1) is 11.8 Å². The summed E-state index contributed by atoms with van der Waals surface area (Å²) in [6.07, 6.45) is 2.01. The fraction of sp³-hybridized carbons (Fsp3) is 0.562. The van der Waals surface area contributed by atoms with Crippen LogP contribution in [0.3, 0.4) is 0 Å². The smallest absolute Gasteiger partial charge is 0.328 e. The zero-order valence-electron chi connectivity index (χ0n) is 13.3. The van der Waals surface area contributed by atoms with Crippen molar-refractivity contribution in [1.82, 2.24) is 10.2 Å². The van der Waals surface area contributed by atoms with Crippen LogP contribution in [0, 0.1) is 0 Å². The van der Waals surface area contributed by atoms with E-state index in [1.165, 1.54) is 0 Å². The van der Waals surface area contributed by atoms with Gasteiger partial charge in [0.25, 0.3) is 0 Å². The fourth-order valence-electron chi connectivity index (χ4n) is 2.23. The summed E-state index contributed by atoms with van der Waals surface area (Å²) in [5.41, 5.74) is -0.267. The van der Waals surface area contributed by atoms with Crippen LogP contribution in [0.5, 0.6) is 0 Å². The Bertz CT molecular complexity index is 446. The van der Waals surface area contributed by atoms with E-state index in [2.05, 4.69) is 24.1 Å². The van der Waals surface area contributed by atoms with Gasteiger partial charge in [0.2, 0.25) is 0 Å². The Hall–Kier alpha value is -1.04. The van der Waals surface area contributed by atoms with Gasteiger partial charge in [-0.25, -0.2) is 4.79 Å². The fourth-order valence-corrected chi connectivity index (χ4v) is 2.64. The number of hydrogen-bond acceptors (Lipinski definition) is 4. The number of carboxylic acids is 1. The van der Waals surface area contributed by atoms with Crippen LogP contribution in [-0.4, -0.2) is 48.4 Å². The standard InChI is InChI=1S/C16H26N2O2S/c1-5-18(6-2)12-11-17-16(3,15(19)20)13-7-9-14(21-4)10-8-13/h7-10,17H,5-6,11-12H2,1-4H3,(H,19,20). The van der Waals surface area contributed by atoms with Gasteiger partial charge in [-0.1, -0.05) is 26.0 Å². The molecule has 0 radical (unpaired) electrons. The molecule has 21 heavy (non-hydrogen) atoms. The summed E-state index contributed by atoms with van der Waals surface area (Å²) in [6, 6.07) is 7.72. The van der Waals surface area contributed by atoms with Crippen LogP contribution in [0.15, 0.2) is 29.2 Å². The molecule has 118 valence electrons. The maximum Gasteiger partial charge on any atom is 0.328 e. The van der Waals surface area contributed by atoms with E-state index < -0.39 is 11.5 Å². The van der Waals surface area contributed by atoms with Crippen molar-refractivity contribution in [3.63, 3.8) is 0 Å². The van der Waals surface area contributed by atoms with E-state index in [1.54, 1.807) is 18.7 Å². The Morgan fingerprint density at radius 3 is 2.29 bits per heavy atom. The maximum atomic E-state index is 11.7. The Labute approximate surface area is 131 Å². The van der Waals surface area contributed by atoms with Crippen LogP contribution in [0.4, 0.5) is 0 Å². The van der Waals surface area contributed by atoms with Gasteiger partial charge >= 0.3 is 5.97 Å². The topological polar surface area (TPSA) is 52.6 Å². The third kappa shape index (κ3) is 4.73. The molecule has 4 nitrogen and oxygen atoms in total. The lowest BCUT2D eigenvalue weighted by atomic mass is 9.92. The van der Waals surface area contributed by atoms with Crippen molar-refractivity contribution >= 4 is 17.7 Å². The first-order valence-electron chi connectivity index (χ1n) is 7.33. The second kappa shape index (κ2) is 8.41. The molecule has 2 N–H and O–H groups in total. The molecular weight excluding hydrogens is 284 g/mol. The van der Waals surface area contributed by atoms with Crippen molar-refractivity contribution in [3.8, 4) is 0 Å². The SMILES string of the molecule is CCN(CC)CCNC(C)(C(=O)O)c1ccc(SC)cc1. The monoisotopic (exact) mass is 310 g/mol. The highest BCUT2D eigenvalue weighted by Gasteiger charge is 2.34. The minimum atomic E-state index is -1.05. The molecule has 0 saturated heterocycles. The summed E-state index contributed by atoms with van der Waals surface area (Å²) in [5, 5.41) is 12.8. The minimum Gasteiger partial charge on any atom is -0.480 e. The van der Waals surface area contributed by atoms with Crippen LogP contribution in [0.2, 0.25) is 0 Å². The van der Waals surface area contributed by atoms with Crippen LogP contribution >= 0.6 is 11.8 Å². The molecule has 0 amide bonds. The molecule has 0 heterocycles. The van der Waals surface area contributed by atoms with Gasteiger partial charge in [-0.2, -0.15) is 0 Å². The van der Waals surface area contributed by atoms with Crippen LogP contribution in [-0.2, 0) is 10.3 Å². The summed E-state index contributed by atoms with van der Waals surface area (Å²) in [5.74, 6) is -0.848. The van der Waals surface area contributed by atoms with Crippen LogP contribution < -0.4 is 5.32 Å². The molecular formula is C16H26N2O2S. The van der Waals surface area contributed by atoms with Gasteiger partial charge in [-0.05, 0) is 44.0 Å². The molecule has 0 aliphatic heterocycles. The first kappa shape index (κ1) is 18.0. The van der Waals surface area contributed by atoms with Gasteiger partial charge in [0, 0.05) is 18.0 Å². The largest absolute Gasteiger partial charge is 0.480 e. The molecule has 1 unspecified atom stereocenters. The molecule has 0 aromatic heterocycles. The first-order valence-corrected chi connectivity index (χ1v) is 8.55. The normalized spacial score (nSPS) is 14.1. The lowest BCUT2D eigenvalue weighted by molar-refractivity contribution is -0.144. The predicted molar refractivity (Wildman–Crippen MR) is 89.0 cm³/mol. The number of benzene rings is 1. The maximum absolute atomic E-state index is 11.7. The molecule has 0 spiro atoms. The lowest BCUT2D eigenvalue weighted by Crippen LogP contribution is -2.49. The number of nitrogens with zero attached hydrogens (tertiary/aromatic N) is 1. The molecule has 1 rings (SSSR count). The average Bonchev–Trinajstić information content (AvgIpc) is 2.51. The lowest BCUT2D eigenvalue weighted by Gasteiger charge is -2.28. The highest BCUT2D eigenvalue weighted by atomic mass is 32.2. The Morgan fingerprint density at radius 2 is 1.86 bits per heavy atom. The van der Waals surface area contributed by atoms with E-state index in [0.717, 1.165) is 30.1 Å². The number of thioether (sulfide) groups is 1. The predicted octanol–water partition coefficient (Wildman–Crippen LogP) is 2.64. The van der Waals surface area contributed by atoms with Gasteiger partial charge in [0.05, 0.1) is 0 Å². The highest BCUT2D eigenvalue weighted by Crippen LogP contribution is 2.24. The van der Waals surface area contributed by atoms with E-state index >= 15 is 0 Å². The van der Waals surface area contributed by atoms with Gasteiger partial charge < -0.3 is 10.0 Å². The summed E-state index contributed by atoms with van der Waals surface area (Å²) < 4.78 is 0. The number of aliphatic carboxylic acids is 1. The number of rotatable bonds is 9. The third-order valence-electron chi connectivity index (χ3n) is 3.90. The number of nitrogens with one attached hydrogen (secondary N) is 1. The number of likely N-dealkylation sites (N-methyl/N-ethyl adjacent to an activating group) is 1. The Balaban J connectivity index is 2.79. The summed E-state index contributed by atoms with van der Waals surface area (Å²) in [4.78, 5) is 15.1. The molecule has 0 aliphatic carbocycles. The van der Waals surface area contributed by atoms with Crippen LogP contribution in [0.25, 0.3) is 0 Å². The van der Waals surface area contributed by atoms with Gasteiger partial charge in [0.1, 0.15) is 5.54 Å². The molecule has 0 fully saturated rings. The number of carboxylic acid groups (broad SMARTS) is 1. The summed E-state index contributed by atoms with van der Waals surface area (Å²) in [7, 11) is 0. The van der Waals surface area contributed by atoms with Crippen molar-refractivity contribution in [2.75, 3.05) is 32.4 Å². The van der Waals surface area contributed by atoms with E-state index in [9.17, 15) is 9.90 Å². The van der Waals surface area contributed by atoms with E-state index in [1.807, 2.05) is 30.5 Å². The van der Waals surface area contributed by atoms with Crippen molar-refractivity contribution in [1.29, 1.82) is 0 Å². The average molecular weight is 310 g/mol. The second-order valence-electron chi connectivity index (χ2n) is 5.11. The van der Waals surface area contributed by atoms with Gasteiger partial charge in [-0.3, -0.25) is 5.32 Å². The van der Waals surface area contributed by atoms with Crippen LogP contribution in [0.1, 0.15) is 26.3 Å². The Morgan fingerprint density at radius 1 is 1.29 bits per heavy atom. The molecule has 5 heteroatoms.